The zero-order chi connectivity index (χ0) is 16.2. The van der Waals surface area contributed by atoms with Gasteiger partial charge in [-0.3, -0.25) is 9.59 Å². The van der Waals surface area contributed by atoms with Gasteiger partial charge in [-0.1, -0.05) is 0 Å². The van der Waals surface area contributed by atoms with E-state index >= 15 is 0 Å². The van der Waals surface area contributed by atoms with Gasteiger partial charge in [0.15, 0.2) is 6.61 Å². The molecule has 2 rings (SSSR count). The Hall–Kier alpha value is -2.84. The first-order chi connectivity index (χ1) is 10.3. The molecule has 2 aromatic heterocycles. The second kappa shape index (κ2) is 6.29. The number of pyridine rings is 2. The van der Waals surface area contributed by atoms with Crippen LogP contribution in [0.4, 0.5) is 18.9 Å². The Morgan fingerprint density at radius 1 is 1.32 bits per heavy atom. The van der Waals surface area contributed by atoms with Crippen LogP contribution in [0.15, 0.2) is 41.5 Å². The number of carbonyl (C=O) groups excluding carboxylic acids is 1. The fraction of sp³-hybridized carbons (Fsp3) is 0.154. The summed E-state index contributed by atoms with van der Waals surface area (Å²) in [5, 5.41) is 2.36. The lowest BCUT2D eigenvalue weighted by atomic mass is 10.2. The van der Waals surface area contributed by atoms with Crippen molar-refractivity contribution in [2.45, 2.75) is 6.18 Å². The highest BCUT2D eigenvalue weighted by Gasteiger charge is 2.28. The molecular weight excluding hydrogens is 303 g/mol. The summed E-state index contributed by atoms with van der Waals surface area (Å²) >= 11 is 0. The third kappa shape index (κ3) is 4.33. The number of alkyl halides is 3. The molecule has 0 spiro atoms. The second-order valence-electron chi connectivity index (χ2n) is 4.16. The number of amides is 1. The number of nitrogens with zero attached hydrogens (tertiary/aromatic N) is 1. The van der Waals surface area contributed by atoms with Crippen molar-refractivity contribution in [3.8, 4) is 5.88 Å². The molecule has 0 aliphatic rings. The Kier molecular flexibility index (Phi) is 4.44. The number of anilines is 1. The van der Waals surface area contributed by atoms with Crippen molar-refractivity contribution < 1.29 is 22.7 Å². The summed E-state index contributed by atoms with van der Waals surface area (Å²) in [6.07, 6.45) is -2.00. The van der Waals surface area contributed by atoms with E-state index in [9.17, 15) is 22.8 Å². The summed E-state index contributed by atoms with van der Waals surface area (Å²) in [5.74, 6) is -0.877. The number of rotatable bonds is 4. The van der Waals surface area contributed by atoms with Gasteiger partial charge in [0.25, 0.3) is 11.5 Å². The number of aromatic amines is 1. The summed E-state index contributed by atoms with van der Waals surface area (Å²) in [5.41, 5.74) is -0.360. The number of aromatic nitrogens is 2. The van der Waals surface area contributed by atoms with Gasteiger partial charge < -0.3 is 15.0 Å². The molecule has 0 aliphatic carbocycles. The average molecular weight is 313 g/mol. The predicted octanol–water partition coefficient (Wildman–Crippen LogP) is 1.96. The van der Waals surface area contributed by atoms with E-state index in [1.54, 1.807) is 0 Å². The molecule has 2 N–H and O–H groups in total. The van der Waals surface area contributed by atoms with E-state index < -0.39 is 24.2 Å². The molecule has 116 valence electrons. The Balaban J connectivity index is 2.02. The number of nitrogens with one attached hydrogen (secondary N) is 2. The highest BCUT2D eigenvalue weighted by atomic mass is 19.4. The molecule has 1 amide bonds. The molecule has 0 fully saturated rings. The number of ether oxygens (including phenoxy) is 1. The van der Waals surface area contributed by atoms with Crippen molar-refractivity contribution >= 4 is 11.6 Å². The van der Waals surface area contributed by atoms with E-state index in [1.165, 1.54) is 24.4 Å². The molecule has 2 aromatic rings. The van der Waals surface area contributed by atoms with Crippen molar-refractivity contribution in [1.82, 2.24) is 9.97 Å². The van der Waals surface area contributed by atoms with Crippen LogP contribution in [0, 0.1) is 0 Å². The number of hydrogen-bond acceptors (Lipinski definition) is 4. The topological polar surface area (TPSA) is 84.1 Å². The molecule has 6 nitrogen and oxygen atoms in total. The van der Waals surface area contributed by atoms with Gasteiger partial charge in [0.1, 0.15) is 5.69 Å². The van der Waals surface area contributed by atoms with E-state index in [0.29, 0.717) is 0 Å². The van der Waals surface area contributed by atoms with Gasteiger partial charge in [-0.25, -0.2) is 4.98 Å². The van der Waals surface area contributed by atoms with Crippen molar-refractivity contribution in [2.24, 2.45) is 0 Å². The molecule has 0 aliphatic heterocycles. The lowest BCUT2D eigenvalue weighted by Gasteiger charge is -2.08. The Bertz CT molecular complexity index is 711. The minimum atomic E-state index is -4.47. The van der Waals surface area contributed by atoms with Gasteiger partial charge in [-0.15, -0.1) is 0 Å². The SMILES string of the molecule is O=C(Nc1ccc[nH]c1=O)c1ccc(OCC(F)(F)F)nc1. The summed E-state index contributed by atoms with van der Waals surface area (Å²) in [6.45, 7) is -1.47. The van der Waals surface area contributed by atoms with E-state index in [1.807, 2.05) is 0 Å². The quantitative estimate of drug-likeness (QED) is 0.904. The van der Waals surface area contributed by atoms with Crippen LogP contribution in [0.3, 0.4) is 0 Å². The first-order valence-electron chi connectivity index (χ1n) is 6.00. The van der Waals surface area contributed by atoms with E-state index in [0.717, 1.165) is 12.3 Å². The first kappa shape index (κ1) is 15.5. The Labute approximate surface area is 122 Å². The average Bonchev–Trinajstić information content (AvgIpc) is 2.47. The van der Waals surface area contributed by atoms with Crippen molar-refractivity contribution in [2.75, 3.05) is 11.9 Å². The summed E-state index contributed by atoms with van der Waals surface area (Å²) in [6, 6.07) is 5.31. The summed E-state index contributed by atoms with van der Waals surface area (Å²) in [4.78, 5) is 29.3. The number of hydrogen-bond donors (Lipinski definition) is 2. The van der Waals surface area contributed by atoms with Crippen LogP contribution in [0.2, 0.25) is 0 Å². The van der Waals surface area contributed by atoms with Gasteiger partial charge in [0.2, 0.25) is 5.88 Å². The number of H-pyrrole nitrogens is 1. The van der Waals surface area contributed by atoms with Gasteiger partial charge >= 0.3 is 6.18 Å². The van der Waals surface area contributed by atoms with Crippen LogP contribution in [0.5, 0.6) is 5.88 Å². The number of carbonyl (C=O) groups is 1. The van der Waals surface area contributed by atoms with Gasteiger partial charge in [-0.2, -0.15) is 13.2 Å². The highest BCUT2D eigenvalue weighted by Crippen LogP contribution is 2.17. The molecule has 0 saturated carbocycles. The minimum absolute atomic E-state index is 0.0462. The summed E-state index contributed by atoms with van der Waals surface area (Å²) < 4.78 is 40.4. The lowest BCUT2D eigenvalue weighted by molar-refractivity contribution is -0.154. The van der Waals surface area contributed by atoms with E-state index in [2.05, 4.69) is 20.0 Å². The van der Waals surface area contributed by atoms with Gasteiger partial charge in [-0.05, 0) is 18.2 Å². The maximum atomic E-state index is 12.0. The van der Waals surface area contributed by atoms with Crippen LogP contribution in [-0.2, 0) is 0 Å². The fourth-order valence-corrected chi connectivity index (χ4v) is 1.47. The molecule has 0 bridgehead atoms. The Morgan fingerprint density at radius 2 is 2.09 bits per heavy atom. The molecule has 0 aromatic carbocycles. The molecule has 9 heteroatoms. The largest absolute Gasteiger partial charge is 0.468 e. The molecule has 0 atom stereocenters. The Morgan fingerprint density at radius 3 is 2.68 bits per heavy atom. The lowest BCUT2D eigenvalue weighted by Crippen LogP contribution is -2.20. The smallest absolute Gasteiger partial charge is 0.422 e. The molecule has 2 heterocycles. The second-order valence-corrected chi connectivity index (χ2v) is 4.16. The summed E-state index contributed by atoms with van der Waals surface area (Å²) in [7, 11) is 0. The minimum Gasteiger partial charge on any atom is -0.468 e. The fourth-order valence-electron chi connectivity index (χ4n) is 1.47. The third-order valence-electron chi connectivity index (χ3n) is 2.45. The van der Waals surface area contributed by atoms with Crippen molar-refractivity contribution in [3.05, 3.63) is 52.6 Å². The standard InChI is InChI=1S/C13H10F3N3O3/c14-13(15,16)7-22-10-4-3-8(6-18-10)11(20)19-9-2-1-5-17-12(9)21/h1-6H,7H2,(H,17,21)(H,19,20). The normalized spacial score (nSPS) is 11.0. The zero-order valence-electron chi connectivity index (χ0n) is 11.0. The van der Waals surface area contributed by atoms with Gasteiger partial charge in [0, 0.05) is 18.5 Å². The molecular formula is C13H10F3N3O3. The van der Waals surface area contributed by atoms with Crippen molar-refractivity contribution in [3.63, 3.8) is 0 Å². The first-order valence-corrected chi connectivity index (χ1v) is 6.00. The third-order valence-corrected chi connectivity index (χ3v) is 2.45. The molecule has 0 radical (unpaired) electrons. The maximum Gasteiger partial charge on any atom is 0.422 e. The van der Waals surface area contributed by atoms with Crippen LogP contribution in [-0.4, -0.2) is 28.7 Å². The van der Waals surface area contributed by atoms with Crippen LogP contribution in [0.25, 0.3) is 0 Å². The molecule has 0 saturated heterocycles. The maximum absolute atomic E-state index is 12.0. The van der Waals surface area contributed by atoms with Crippen LogP contribution in [0.1, 0.15) is 10.4 Å². The highest BCUT2D eigenvalue weighted by molar-refractivity contribution is 6.03. The predicted molar refractivity (Wildman–Crippen MR) is 70.8 cm³/mol. The van der Waals surface area contributed by atoms with E-state index in [4.69, 9.17) is 0 Å². The zero-order valence-corrected chi connectivity index (χ0v) is 11.0. The van der Waals surface area contributed by atoms with Crippen LogP contribution >= 0.6 is 0 Å². The van der Waals surface area contributed by atoms with Gasteiger partial charge in [0.05, 0.1) is 5.56 Å². The molecule has 22 heavy (non-hydrogen) atoms. The monoisotopic (exact) mass is 313 g/mol. The van der Waals surface area contributed by atoms with Crippen molar-refractivity contribution in [1.29, 1.82) is 0 Å². The number of halogens is 3. The van der Waals surface area contributed by atoms with E-state index in [-0.39, 0.29) is 17.1 Å². The van der Waals surface area contributed by atoms with Crippen LogP contribution < -0.4 is 15.6 Å². The molecule has 0 unspecified atom stereocenters.